The number of aryl methyl sites for hydroxylation is 1. The van der Waals surface area contributed by atoms with Crippen molar-refractivity contribution in [3.8, 4) is 0 Å². The molecular weight excluding hydrogens is 332 g/mol. The summed E-state index contributed by atoms with van der Waals surface area (Å²) in [6.45, 7) is 9.10. The van der Waals surface area contributed by atoms with Crippen molar-refractivity contribution in [3.05, 3.63) is 76.9 Å². The van der Waals surface area contributed by atoms with E-state index in [4.69, 9.17) is 4.74 Å². The van der Waals surface area contributed by atoms with Gasteiger partial charge in [-0.3, -0.25) is 0 Å². The van der Waals surface area contributed by atoms with Crippen molar-refractivity contribution in [2.45, 2.75) is 53.4 Å². The van der Waals surface area contributed by atoms with Crippen LogP contribution in [0.25, 0.3) is 6.08 Å². The second kappa shape index (κ2) is 10.1. The lowest BCUT2D eigenvalue weighted by Crippen LogP contribution is -2.06. The Morgan fingerprint density at radius 1 is 1.15 bits per heavy atom. The van der Waals surface area contributed by atoms with Gasteiger partial charge in [0.15, 0.2) is 0 Å². The largest absolute Gasteiger partial charge is 0.458 e. The smallest absolute Gasteiger partial charge is 0.331 e. The van der Waals surface area contributed by atoms with E-state index in [9.17, 15) is 4.79 Å². The van der Waals surface area contributed by atoms with Crippen molar-refractivity contribution in [2.75, 3.05) is 6.61 Å². The van der Waals surface area contributed by atoms with Gasteiger partial charge in [0.1, 0.15) is 6.61 Å². The molecule has 0 aromatic heterocycles. The molecule has 0 bridgehead atoms. The zero-order chi connectivity index (χ0) is 19.7. The fraction of sp³-hybridized carbons (Fsp3) is 0.400. The van der Waals surface area contributed by atoms with E-state index < -0.39 is 0 Å². The average molecular weight is 365 g/mol. The van der Waals surface area contributed by atoms with E-state index in [0.29, 0.717) is 6.61 Å². The molecule has 27 heavy (non-hydrogen) atoms. The Labute approximate surface area is 164 Å². The van der Waals surface area contributed by atoms with Crippen molar-refractivity contribution in [3.63, 3.8) is 0 Å². The molecule has 1 aliphatic carbocycles. The van der Waals surface area contributed by atoms with Crippen molar-refractivity contribution in [1.82, 2.24) is 0 Å². The summed E-state index contributed by atoms with van der Waals surface area (Å²) in [6, 6.07) is 8.05. The van der Waals surface area contributed by atoms with Gasteiger partial charge in [0.25, 0.3) is 0 Å². The van der Waals surface area contributed by atoms with Gasteiger partial charge < -0.3 is 4.74 Å². The zero-order valence-corrected chi connectivity index (χ0v) is 17.1. The van der Waals surface area contributed by atoms with Gasteiger partial charge in [0.05, 0.1) is 0 Å². The first-order valence-electron chi connectivity index (χ1n) is 9.77. The summed E-state index contributed by atoms with van der Waals surface area (Å²) in [4.78, 5) is 12.0. The van der Waals surface area contributed by atoms with E-state index in [0.717, 1.165) is 36.8 Å². The van der Waals surface area contributed by atoms with Crippen LogP contribution in [0, 0.1) is 12.3 Å². The van der Waals surface area contributed by atoms with Gasteiger partial charge in [-0.05, 0) is 62.2 Å². The van der Waals surface area contributed by atoms with E-state index in [1.54, 1.807) is 6.08 Å². The quantitative estimate of drug-likeness (QED) is 0.343. The molecule has 0 N–H and O–H groups in total. The third-order valence-corrected chi connectivity index (χ3v) is 4.79. The van der Waals surface area contributed by atoms with E-state index in [1.165, 1.54) is 17.2 Å². The highest BCUT2D eigenvalue weighted by Gasteiger charge is 2.12. The third kappa shape index (κ3) is 8.25. The van der Waals surface area contributed by atoms with Crippen LogP contribution in [0.1, 0.15) is 57.6 Å². The summed E-state index contributed by atoms with van der Waals surface area (Å²) in [5, 5.41) is 0. The number of allylic oxidation sites excluding steroid dienone is 5. The second-order valence-electron chi connectivity index (χ2n) is 8.10. The Balaban J connectivity index is 1.93. The first-order valence-corrected chi connectivity index (χ1v) is 9.77. The predicted octanol–water partition coefficient (Wildman–Crippen LogP) is 6.58. The number of ether oxygens (including phenoxy) is 1. The van der Waals surface area contributed by atoms with Gasteiger partial charge >= 0.3 is 5.97 Å². The molecule has 2 nitrogen and oxygen atoms in total. The molecule has 0 saturated heterocycles. The van der Waals surface area contributed by atoms with Crippen molar-refractivity contribution in [2.24, 2.45) is 5.41 Å². The maximum absolute atomic E-state index is 12.0. The maximum Gasteiger partial charge on any atom is 0.331 e. The van der Waals surface area contributed by atoms with Crippen LogP contribution < -0.4 is 0 Å². The van der Waals surface area contributed by atoms with Crippen molar-refractivity contribution < 1.29 is 9.53 Å². The fourth-order valence-electron chi connectivity index (χ4n) is 2.90. The minimum Gasteiger partial charge on any atom is -0.458 e. The minimum absolute atomic E-state index is 0.157. The van der Waals surface area contributed by atoms with Gasteiger partial charge in [-0.2, -0.15) is 0 Å². The topological polar surface area (TPSA) is 26.3 Å². The highest BCUT2D eigenvalue weighted by Crippen LogP contribution is 2.26. The van der Waals surface area contributed by atoms with Gasteiger partial charge in [-0.25, -0.2) is 4.79 Å². The Hall–Kier alpha value is -2.35. The maximum atomic E-state index is 12.0. The molecule has 0 atom stereocenters. The lowest BCUT2D eigenvalue weighted by atomic mass is 9.87. The molecule has 144 valence electrons. The second-order valence-corrected chi connectivity index (χ2v) is 8.10. The van der Waals surface area contributed by atoms with Crippen LogP contribution >= 0.6 is 0 Å². The first kappa shape index (κ1) is 21.0. The fourth-order valence-corrected chi connectivity index (χ4v) is 2.90. The van der Waals surface area contributed by atoms with Crippen molar-refractivity contribution >= 4 is 12.0 Å². The average Bonchev–Trinajstić information content (AvgIpc) is 2.65. The van der Waals surface area contributed by atoms with Crippen LogP contribution in [0.4, 0.5) is 0 Å². The normalized spacial score (nSPS) is 17.8. The molecule has 0 heterocycles. The SMILES string of the molecule is CC1=CCC(C)(C)C=CCC(COC(=O)C=Cc2ccc(C)cc2)=CCC1. The summed E-state index contributed by atoms with van der Waals surface area (Å²) < 4.78 is 5.46. The molecule has 1 aliphatic rings. The van der Waals surface area contributed by atoms with E-state index in [-0.39, 0.29) is 11.4 Å². The molecule has 0 fully saturated rings. The Bertz CT molecular complexity index is 743. The Morgan fingerprint density at radius 2 is 1.89 bits per heavy atom. The summed E-state index contributed by atoms with van der Waals surface area (Å²) in [5.74, 6) is -0.300. The lowest BCUT2D eigenvalue weighted by molar-refractivity contribution is -0.136. The molecule has 0 saturated carbocycles. The highest BCUT2D eigenvalue weighted by atomic mass is 16.5. The predicted molar refractivity (Wildman–Crippen MR) is 114 cm³/mol. The number of carbonyl (C=O) groups is 1. The zero-order valence-electron chi connectivity index (χ0n) is 17.1. The van der Waals surface area contributed by atoms with E-state index in [2.05, 4.69) is 45.1 Å². The summed E-state index contributed by atoms with van der Waals surface area (Å²) in [7, 11) is 0. The molecule has 2 rings (SSSR count). The number of hydrogen-bond donors (Lipinski definition) is 0. The third-order valence-electron chi connectivity index (χ3n) is 4.79. The molecule has 2 heteroatoms. The molecule has 0 amide bonds. The van der Waals surface area contributed by atoms with Gasteiger partial charge in [0.2, 0.25) is 0 Å². The van der Waals surface area contributed by atoms with Gasteiger partial charge in [-0.15, -0.1) is 0 Å². The van der Waals surface area contributed by atoms with Crippen LogP contribution in [0.2, 0.25) is 0 Å². The van der Waals surface area contributed by atoms with E-state index in [1.807, 2.05) is 31.2 Å². The number of esters is 1. The molecule has 1 aromatic rings. The van der Waals surface area contributed by atoms with Crippen LogP contribution in [-0.4, -0.2) is 12.6 Å². The monoisotopic (exact) mass is 364 g/mol. The van der Waals surface area contributed by atoms with Crippen LogP contribution in [-0.2, 0) is 9.53 Å². The summed E-state index contributed by atoms with van der Waals surface area (Å²) in [5.41, 5.74) is 4.94. The molecule has 0 spiro atoms. The van der Waals surface area contributed by atoms with Crippen LogP contribution in [0.3, 0.4) is 0 Å². The number of carbonyl (C=O) groups excluding carboxylic acids is 1. The van der Waals surface area contributed by atoms with E-state index >= 15 is 0 Å². The summed E-state index contributed by atoms with van der Waals surface area (Å²) >= 11 is 0. The standard InChI is InChI=1S/C25H32O2/c1-20-7-5-8-23(9-6-17-25(3,4)18-16-20)19-27-24(26)15-14-22-12-10-21(2)11-13-22/h6,8,10-17H,5,7,9,18-19H2,1-4H3. The number of hydrogen-bond acceptors (Lipinski definition) is 2. The van der Waals surface area contributed by atoms with Crippen molar-refractivity contribution in [1.29, 1.82) is 0 Å². The van der Waals surface area contributed by atoms with Crippen LogP contribution in [0.5, 0.6) is 0 Å². The first-order chi connectivity index (χ1) is 12.8. The molecule has 1 aromatic carbocycles. The summed E-state index contributed by atoms with van der Waals surface area (Å²) in [6.07, 6.45) is 16.3. The molecule has 0 radical (unpaired) electrons. The van der Waals surface area contributed by atoms with Crippen LogP contribution in [0.15, 0.2) is 65.8 Å². The Kier molecular flexibility index (Phi) is 7.84. The van der Waals surface area contributed by atoms with Gasteiger partial charge in [0, 0.05) is 6.08 Å². The number of benzene rings is 1. The highest BCUT2D eigenvalue weighted by molar-refractivity contribution is 5.87. The molecule has 0 unspecified atom stereocenters. The lowest BCUT2D eigenvalue weighted by Gasteiger charge is -2.18. The minimum atomic E-state index is -0.300. The Morgan fingerprint density at radius 3 is 2.63 bits per heavy atom. The number of rotatable bonds is 4. The molecule has 0 aliphatic heterocycles. The van der Waals surface area contributed by atoms with Gasteiger partial charge in [-0.1, -0.05) is 73.6 Å². The molecular formula is C25H32O2.